The molecule has 1 aliphatic rings. The van der Waals surface area contributed by atoms with Crippen LogP contribution in [0.3, 0.4) is 0 Å². The number of hydrogen-bond donors (Lipinski definition) is 1. The van der Waals surface area contributed by atoms with Gasteiger partial charge in [-0.3, -0.25) is 4.57 Å². The van der Waals surface area contributed by atoms with Crippen LogP contribution in [0.5, 0.6) is 5.75 Å². The molecule has 4 aromatic carbocycles. The van der Waals surface area contributed by atoms with E-state index in [0.717, 1.165) is 38.8 Å². The van der Waals surface area contributed by atoms with E-state index in [4.69, 9.17) is 42.7 Å². The lowest BCUT2D eigenvalue weighted by Gasteiger charge is -2.44. The number of nitrogens with two attached hydrogens (primary N) is 1. The summed E-state index contributed by atoms with van der Waals surface area (Å²) in [7, 11) is -3.60. The van der Waals surface area contributed by atoms with Crippen molar-refractivity contribution in [3.63, 3.8) is 0 Å². The van der Waals surface area contributed by atoms with Crippen molar-refractivity contribution >= 4 is 41.6 Å². The summed E-state index contributed by atoms with van der Waals surface area (Å²) < 4.78 is 33.9. The number of rotatable bonds is 11. The molecule has 1 aliphatic heterocycles. The molecular formula is C31H33Cl2N2O4P. The first-order valence-electron chi connectivity index (χ1n) is 13.3. The summed E-state index contributed by atoms with van der Waals surface area (Å²) in [5.74, 6) is 1.25. The van der Waals surface area contributed by atoms with Gasteiger partial charge in [0.15, 0.2) is 5.60 Å². The summed E-state index contributed by atoms with van der Waals surface area (Å²) >= 11 is 11.8. The van der Waals surface area contributed by atoms with Crippen LogP contribution in [0.2, 0.25) is 0 Å². The largest absolute Gasteiger partial charge is 0.464 e. The normalized spacial score (nSPS) is 17.8. The average molecular weight is 599 g/mol. The first-order chi connectivity index (χ1) is 19.4. The fourth-order valence-corrected chi connectivity index (χ4v) is 7.23. The molecule has 2 atom stereocenters. The Morgan fingerprint density at radius 2 is 1.52 bits per heavy atom. The van der Waals surface area contributed by atoms with Gasteiger partial charge in [0, 0.05) is 36.8 Å². The maximum absolute atomic E-state index is 13.2. The number of fused-ring (bicyclic) bond motifs is 3. The van der Waals surface area contributed by atoms with Crippen molar-refractivity contribution in [2.24, 2.45) is 5.50 Å². The number of nitrogens with zero attached hydrogens (tertiary/aromatic N) is 1. The zero-order chi connectivity index (χ0) is 28.2. The highest BCUT2D eigenvalue weighted by Gasteiger charge is 2.47. The SMILES string of the molecule is Cc1ccc2ccc3c(c2c1)C(c1ccccc1)(c1ccccc1)OC(CCOP(N)(=O)N(CCCl)CCCl)O3. The van der Waals surface area contributed by atoms with Gasteiger partial charge in [0.1, 0.15) is 5.75 Å². The van der Waals surface area contributed by atoms with Crippen LogP contribution in [-0.4, -0.2) is 42.4 Å². The summed E-state index contributed by atoms with van der Waals surface area (Å²) in [5, 5.41) is 2.15. The quantitative estimate of drug-likeness (QED) is 0.143. The summed E-state index contributed by atoms with van der Waals surface area (Å²) in [5.41, 5.74) is 9.17. The van der Waals surface area contributed by atoms with Crippen molar-refractivity contribution < 1.29 is 18.6 Å². The van der Waals surface area contributed by atoms with E-state index in [-0.39, 0.29) is 18.4 Å². The Kier molecular flexibility index (Phi) is 9.18. The molecule has 0 fully saturated rings. The minimum absolute atomic E-state index is 0.0567. The molecule has 0 saturated heterocycles. The van der Waals surface area contributed by atoms with Crippen molar-refractivity contribution in [3.05, 3.63) is 113 Å². The van der Waals surface area contributed by atoms with E-state index in [1.165, 1.54) is 4.67 Å². The van der Waals surface area contributed by atoms with Crippen molar-refractivity contribution in [3.8, 4) is 5.75 Å². The second-order valence-electron chi connectivity index (χ2n) is 9.76. The smallest absolute Gasteiger partial charge is 0.340 e. The van der Waals surface area contributed by atoms with Gasteiger partial charge in [0.2, 0.25) is 6.29 Å². The van der Waals surface area contributed by atoms with Gasteiger partial charge in [-0.2, -0.15) is 0 Å². The fraction of sp³-hybridized carbons (Fsp3) is 0.290. The van der Waals surface area contributed by atoms with Crippen molar-refractivity contribution in [2.45, 2.75) is 25.2 Å². The lowest BCUT2D eigenvalue weighted by Crippen LogP contribution is -2.44. The minimum atomic E-state index is -3.60. The molecule has 1 heterocycles. The molecule has 0 amide bonds. The van der Waals surface area contributed by atoms with Gasteiger partial charge in [0.05, 0.1) is 6.61 Å². The third-order valence-corrected chi connectivity index (χ3v) is 9.21. The van der Waals surface area contributed by atoms with E-state index in [2.05, 4.69) is 55.5 Å². The topological polar surface area (TPSA) is 74.0 Å². The molecule has 0 radical (unpaired) electrons. The second kappa shape index (κ2) is 12.6. The average Bonchev–Trinajstić information content (AvgIpc) is 2.97. The van der Waals surface area contributed by atoms with E-state index >= 15 is 0 Å². The fourth-order valence-electron chi connectivity index (χ4n) is 5.30. The Labute approximate surface area is 245 Å². The van der Waals surface area contributed by atoms with E-state index in [0.29, 0.717) is 19.5 Å². The van der Waals surface area contributed by atoms with Crippen LogP contribution in [0.25, 0.3) is 10.8 Å². The highest BCUT2D eigenvalue weighted by molar-refractivity contribution is 7.53. The molecule has 2 unspecified atom stereocenters. The number of benzene rings is 4. The van der Waals surface area contributed by atoms with Crippen LogP contribution >= 0.6 is 30.9 Å². The highest BCUT2D eigenvalue weighted by atomic mass is 35.5. The monoisotopic (exact) mass is 598 g/mol. The van der Waals surface area contributed by atoms with Crippen LogP contribution in [-0.2, 0) is 19.4 Å². The van der Waals surface area contributed by atoms with Gasteiger partial charge < -0.3 is 14.0 Å². The first kappa shape index (κ1) is 29.1. The Bertz CT molecular complexity index is 1440. The van der Waals surface area contributed by atoms with E-state index in [1.54, 1.807) is 0 Å². The van der Waals surface area contributed by atoms with Gasteiger partial charge in [-0.1, -0.05) is 90.5 Å². The van der Waals surface area contributed by atoms with Crippen molar-refractivity contribution in [1.82, 2.24) is 4.67 Å². The maximum atomic E-state index is 13.2. The maximum Gasteiger partial charge on any atom is 0.340 e. The van der Waals surface area contributed by atoms with Gasteiger partial charge in [0.25, 0.3) is 0 Å². The Balaban J connectivity index is 1.57. The predicted molar refractivity (Wildman–Crippen MR) is 162 cm³/mol. The molecule has 0 aromatic heterocycles. The number of aryl methyl sites for hydroxylation is 1. The van der Waals surface area contributed by atoms with Crippen LogP contribution in [0, 0.1) is 6.92 Å². The molecule has 4 aromatic rings. The third kappa shape index (κ3) is 5.81. The number of alkyl halides is 2. The molecule has 0 bridgehead atoms. The molecule has 5 rings (SSSR count). The third-order valence-electron chi connectivity index (χ3n) is 7.13. The van der Waals surface area contributed by atoms with Gasteiger partial charge in [-0.15, -0.1) is 23.2 Å². The predicted octanol–water partition coefficient (Wildman–Crippen LogP) is 7.43. The highest BCUT2D eigenvalue weighted by Crippen LogP contribution is 2.52. The van der Waals surface area contributed by atoms with Crippen LogP contribution in [0.4, 0.5) is 0 Å². The number of ether oxygens (including phenoxy) is 2. The number of halogens is 2. The first-order valence-corrected chi connectivity index (χ1v) is 16.0. The number of hydrogen-bond acceptors (Lipinski definition) is 4. The van der Waals surface area contributed by atoms with Gasteiger partial charge in [-0.05, 0) is 34.9 Å². The zero-order valence-corrected chi connectivity index (χ0v) is 24.7. The molecule has 0 aliphatic carbocycles. The lowest BCUT2D eigenvalue weighted by molar-refractivity contribution is -0.167. The van der Waals surface area contributed by atoms with Gasteiger partial charge in [-0.25, -0.2) is 10.2 Å². The van der Waals surface area contributed by atoms with E-state index in [1.807, 2.05) is 42.5 Å². The molecular weight excluding hydrogens is 566 g/mol. The Morgan fingerprint density at radius 3 is 2.12 bits per heavy atom. The standard InChI is InChI=1S/C31H33Cl2N2O4P/c1-23-12-13-24-14-15-28-30(27(24)22-23)31(25-8-4-2-5-9-25,26-10-6-3-7-11-26)39-29(38-28)16-21-37-40(34,36)35(19-17-32)20-18-33/h2-15,22,29H,16-21H2,1H3,(H2,34,36). The Hall–Kier alpha value is -2.41. The minimum Gasteiger partial charge on any atom is -0.464 e. The molecule has 0 spiro atoms. The van der Waals surface area contributed by atoms with Crippen molar-refractivity contribution in [1.29, 1.82) is 0 Å². The summed E-state index contributed by atoms with van der Waals surface area (Å²) in [6.07, 6.45) is -0.409. The van der Waals surface area contributed by atoms with Crippen LogP contribution in [0.1, 0.15) is 28.7 Å². The second-order valence-corrected chi connectivity index (χ2v) is 12.5. The van der Waals surface area contributed by atoms with E-state index in [9.17, 15) is 4.57 Å². The molecule has 2 N–H and O–H groups in total. The Morgan fingerprint density at radius 1 is 0.925 bits per heavy atom. The molecule has 6 nitrogen and oxygen atoms in total. The molecule has 0 saturated carbocycles. The molecule has 9 heteroatoms. The summed E-state index contributed by atoms with van der Waals surface area (Å²) in [4.78, 5) is 0. The van der Waals surface area contributed by atoms with Crippen LogP contribution < -0.4 is 10.2 Å². The summed E-state index contributed by atoms with van der Waals surface area (Å²) in [6.45, 7) is 2.76. The summed E-state index contributed by atoms with van der Waals surface area (Å²) in [6, 6.07) is 30.8. The molecule has 210 valence electrons. The van der Waals surface area contributed by atoms with Crippen molar-refractivity contribution in [2.75, 3.05) is 31.5 Å². The molecule has 40 heavy (non-hydrogen) atoms. The lowest BCUT2D eigenvalue weighted by atomic mass is 9.77. The van der Waals surface area contributed by atoms with Crippen LogP contribution in [0.15, 0.2) is 91.0 Å². The zero-order valence-electron chi connectivity index (χ0n) is 22.3. The van der Waals surface area contributed by atoms with E-state index < -0.39 is 19.6 Å². The van der Waals surface area contributed by atoms with Gasteiger partial charge >= 0.3 is 7.67 Å².